The normalized spacial score (nSPS) is 23.4. The number of hydrogen-bond donors (Lipinski definition) is 0. The standard InChI is InChI=1S/C7H15NO2/c1-8-5-3-7(4-6-8)10-9-2/h7H,3-6H2,1-2H3. The number of piperidine rings is 1. The first-order chi connectivity index (χ1) is 4.83. The van der Waals surface area contributed by atoms with Crippen LogP contribution in [0.3, 0.4) is 0 Å². The van der Waals surface area contributed by atoms with Crippen LogP contribution < -0.4 is 0 Å². The predicted octanol–water partition coefficient (Wildman–Crippen LogP) is 0.659. The first-order valence-corrected chi connectivity index (χ1v) is 3.71. The zero-order valence-electron chi connectivity index (χ0n) is 6.67. The van der Waals surface area contributed by atoms with Crippen LogP contribution in [0.25, 0.3) is 0 Å². The molecule has 0 saturated carbocycles. The van der Waals surface area contributed by atoms with Gasteiger partial charge in [-0.2, -0.15) is 0 Å². The van der Waals surface area contributed by atoms with E-state index in [0.717, 1.165) is 25.9 Å². The maximum atomic E-state index is 5.00. The molecule has 0 aromatic carbocycles. The summed E-state index contributed by atoms with van der Waals surface area (Å²) in [5, 5.41) is 0. The maximum absolute atomic E-state index is 5.00. The summed E-state index contributed by atoms with van der Waals surface area (Å²) >= 11 is 0. The molecule has 0 unspecified atom stereocenters. The van der Waals surface area contributed by atoms with Crippen molar-refractivity contribution in [2.24, 2.45) is 0 Å². The van der Waals surface area contributed by atoms with Gasteiger partial charge in [-0.05, 0) is 19.9 Å². The molecule has 1 heterocycles. The van der Waals surface area contributed by atoms with Crippen molar-refractivity contribution in [2.45, 2.75) is 18.9 Å². The van der Waals surface area contributed by atoms with Crippen LogP contribution in [0.4, 0.5) is 0 Å². The topological polar surface area (TPSA) is 21.7 Å². The van der Waals surface area contributed by atoms with Gasteiger partial charge in [0.15, 0.2) is 0 Å². The number of likely N-dealkylation sites (tertiary alicyclic amines) is 1. The monoisotopic (exact) mass is 145 g/mol. The van der Waals surface area contributed by atoms with E-state index < -0.39 is 0 Å². The van der Waals surface area contributed by atoms with Gasteiger partial charge in [0.1, 0.15) is 0 Å². The molecule has 1 aliphatic heterocycles. The van der Waals surface area contributed by atoms with E-state index in [1.807, 2.05) is 0 Å². The van der Waals surface area contributed by atoms with Crippen LogP contribution in [0.1, 0.15) is 12.8 Å². The van der Waals surface area contributed by atoms with Crippen LogP contribution in [-0.4, -0.2) is 38.3 Å². The Labute approximate surface area is 61.8 Å². The fourth-order valence-electron chi connectivity index (χ4n) is 1.22. The third kappa shape index (κ3) is 2.25. The van der Waals surface area contributed by atoms with Crippen molar-refractivity contribution in [2.75, 3.05) is 27.2 Å². The lowest BCUT2D eigenvalue weighted by atomic mass is 10.1. The van der Waals surface area contributed by atoms with Crippen LogP contribution in [0, 0.1) is 0 Å². The van der Waals surface area contributed by atoms with Gasteiger partial charge in [-0.25, -0.2) is 9.78 Å². The Hall–Kier alpha value is -0.120. The smallest absolute Gasteiger partial charge is 0.0954 e. The molecule has 1 rings (SSSR count). The predicted molar refractivity (Wildman–Crippen MR) is 38.6 cm³/mol. The molecule has 0 aromatic heterocycles. The van der Waals surface area contributed by atoms with Crippen molar-refractivity contribution in [1.29, 1.82) is 0 Å². The van der Waals surface area contributed by atoms with E-state index in [1.165, 1.54) is 0 Å². The summed E-state index contributed by atoms with van der Waals surface area (Å²) in [4.78, 5) is 11.9. The highest BCUT2D eigenvalue weighted by molar-refractivity contribution is 4.68. The van der Waals surface area contributed by atoms with Crippen molar-refractivity contribution < 1.29 is 9.78 Å². The highest BCUT2D eigenvalue weighted by Gasteiger charge is 2.16. The summed E-state index contributed by atoms with van der Waals surface area (Å²) in [6.45, 7) is 2.24. The zero-order valence-corrected chi connectivity index (χ0v) is 6.67. The van der Waals surface area contributed by atoms with Crippen molar-refractivity contribution in [1.82, 2.24) is 4.90 Å². The van der Waals surface area contributed by atoms with Gasteiger partial charge in [-0.3, -0.25) is 0 Å². The van der Waals surface area contributed by atoms with Crippen LogP contribution in [0.5, 0.6) is 0 Å². The Morgan fingerprint density at radius 1 is 1.30 bits per heavy atom. The minimum Gasteiger partial charge on any atom is -0.306 e. The summed E-state index contributed by atoms with van der Waals surface area (Å²) in [7, 11) is 3.70. The van der Waals surface area contributed by atoms with Gasteiger partial charge in [0.2, 0.25) is 0 Å². The second-order valence-corrected chi connectivity index (χ2v) is 2.77. The Morgan fingerprint density at radius 2 is 1.90 bits per heavy atom. The molecule has 60 valence electrons. The molecular weight excluding hydrogens is 130 g/mol. The lowest BCUT2D eigenvalue weighted by molar-refractivity contribution is -0.310. The van der Waals surface area contributed by atoms with Crippen molar-refractivity contribution in [3.63, 3.8) is 0 Å². The average Bonchev–Trinajstić information content (AvgIpc) is 1.95. The van der Waals surface area contributed by atoms with E-state index in [4.69, 9.17) is 4.89 Å². The SMILES string of the molecule is COOC1CCN(C)CC1. The molecule has 0 amide bonds. The van der Waals surface area contributed by atoms with E-state index in [0.29, 0.717) is 6.10 Å². The van der Waals surface area contributed by atoms with Gasteiger partial charge in [0, 0.05) is 13.1 Å². The molecule has 0 bridgehead atoms. The van der Waals surface area contributed by atoms with E-state index in [2.05, 4.69) is 16.8 Å². The molecule has 1 aliphatic rings. The largest absolute Gasteiger partial charge is 0.306 e. The fraction of sp³-hybridized carbons (Fsp3) is 1.00. The summed E-state index contributed by atoms with van der Waals surface area (Å²) in [6.07, 6.45) is 2.50. The van der Waals surface area contributed by atoms with Gasteiger partial charge in [0.25, 0.3) is 0 Å². The Balaban J connectivity index is 2.13. The quantitative estimate of drug-likeness (QED) is 0.421. The molecule has 0 atom stereocenters. The molecule has 0 N–H and O–H groups in total. The molecule has 3 heteroatoms. The molecule has 0 aromatic rings. The second-order valence-electron chi connectivity index (χ2n) is 2.77. The minimum atomic E-state index is 0.321. The molecule has 10 heavy (non-hydrogen) atoms. The highest BCUT2D eigenvalue weighted by atomic mass is 17.2. The maximum Gasteiger partial charge on any atom is 0.0954 e. The molecular formula is C7H15NO2. The lowest BCUT2D eigenvalue weighted by Crippen LogP contribution is -2.34. The number of nitrogens with zero attached hydrogens (tertiary/aromatic N) is 1. The Morgan fingerprint density at radius 3 is 2.40 bits per heavy atom. The molecule has 3 nitrogen and oxygen atoms in total. The third-order valence-corrected chi connectivity index (χ3v) is 1.90. The molecule has 0 aliphatic carbocycles. The summed E-state index contributed by atoms with van der Waals surface area (Å²) in [6, 6.07) is 0. The van der Waals surface area contributed by atoms with E-state index in [-0.39, 0.29) is 0 Å². The van der Waals surface area contributed by atoms with Gasteiger partial charge in [-0.1, -0.05) is 0 Å². The van der Waals surface area contributed by atoms with E-state index in [9.17, 15) is 0 Å². The number of hydrogen-bond acceptors (Lipinski definition) is 3. The highest BCUT2D eigenvalue weighted by Crippen LogP contribution is 2.11. The first kappa shape index (κ1) is 7.98. The molecule has 1 saturated heterocycles. The van der Waals surface area contributed by atoms with Crippen LogP contribution in [0.2, 0.25) is 0 Å². The van der Waals surface area contributed by atoms with Gasteiger partial charge < -0.3 is 4.90 Å². The zero-order chi connectivity index (χ0) is 7.40. The van der Waals surface area contributed by atoms with Crippen molar-refractivity contribution >= 4 is 0 Å². The lowest BCUT2D eigenvalue weighted by Gasteiger charge is -2.27. The summed E-state index contributed by atoms with van der Waals surface area (Å²) < 4.78 is 0. The fourth-order valence-corrected chi connectivity index (χ4v) is 1.22. The minimum absolute atomic E-state index is 0.321. The van der Waals surface area contributed by atoms with Gasteiger partial charge in [0.05, 0.1) is 13.2 Å². The third-order valence-electron chi connectivity index (χ3n) is 1.90. The second kappa shape index (κ2) is 3.91. The molecule has 1 fully saturated rings. The average molecular weight is 145 g/mol. The van der Waals surface area contributed by atoms with E-state index in [1.54, 1.807) is 7.11 Å². The Bertz CT molecular complexity index is 89.6. The molecule has 0 radical (unpaired) electrons. The Kier molecular flexibility index (Phi) is 3.12. The molecule has 0 spiro atoms. The van der Waals surface area contributed by atoms with Gasteiger partial charge in [-0.15, -0.1) is 0 Å². The van der Waals surface area contributed by atoms with Crippen LogP contribution in [-0.2, 0) is 9.78 Å². The van der Waals surface area contributed by atoms with Crippen molar-refractivity contribution in [3.8, 4) is 0 Å². The van der Waals surface area contributed by atoms with Crippen molar-refractivity contribution in [3.05, 3.63) is 0 Å². The summed E-state index contributed by atoms with van der Waals surface area (Å²) in [5.74, 6) is 0. The number of rotatable bonds is 2. The van der Waals surface area contributed by atoms with E-state index >= 15 is 0 Å². The summed E-state index contributed by atoms with van der Waals surface area (Å²) in [5.41, 5.74) is 0. The van der Waals surface area contributed by atoms with Crippen LogP contribution >= 0.6 is 0 Å². The van der Waals surface area contributed by atoms with Crippen LogP contribution in [0.15, 0.2) is 0 Å². The first-order valence-electron chi connectivity index (χ1n) is 3.71. The van der Waals surface area contributed by atoms with Gasteiger partial charge >= 0.3 is 0 Å².